The van der Waals surface area contributed by atoms with Gasteiger partial charge in [-0.25, -0.2) is 0 Å². The van der Waals surface area contributed by atoms with Gasteiger partial charge in [0.15, 0.2) is 0 Å². The highest BCUT2D eigenvalue weighted by atomic mass is 16.1. The fraction of sp³-hybridized carbons (Fsp3) is 0.375. The minimum absolute atomic E-state index is 0.0720. The van der Waals surface area contributed by atoms with Crippen LogP contribution in [-0.4, -0.2) is 11.4 Å². The highest BCUT2D eigenvalue weighted by molar-refractivity contribution is 5.97. The topological polar surface area (TPSA) is 64.9 Å². The molecule has 2 N–H and O–H groups in total. The first-order valence-corrected chi connectivity index (χ1v) is 6.57. The second kappa shape index (κ2) is 6.76. The molecule has 0 aliphatic heterocycles. The lowest BCUT2D eigenvalue weighted by molar-refractivity contribution is -0.117. The van der Waals surface area contributed by atoms with E-state index in [2.05, 4.69) is 10.6 Å². The molecule has 1 atom stereocenters. The second-order valence-corrected chi connectivity index (χ2v) is 5.67. The van der Waals surface area contributed by atoms with E-state index in [1.54, 1.807) is 0 Å². The van der Waals surface area contributed by atoms with Crippen LogP contribution in [0.15, 0.2) is 42.1 Å². The Morgan fingerprint density at radius 3 is 2.40 bits per heavy atom. The first kappa shape index (κ1) is 15.8. The van der Waals surface area contributed by atoms with Crippen LogP contribution < -0.4 is 10.6 Å². The summed E-state index contributed by atoms with van der Waals surface area (Å²) in [5.74, 6) is -0.374. The van der Waals surface area contributed by atoms with Crippen molar-refractivity contribution in [2.75, 3.05) is 0 Å². The molecule has 0 spiro atoms. The molecule has 4 heteroatoms. The summed E-state index contributed by atoms with van der Waals surface area (Å²) in [6.45, 7) is 7.77. The number of amides is 1. The number of benzene rings is 1. The molecule has 106 valence electrons. The largest absolute Gasteiger partial charge is 0.385 e. The van der Waals surface area contributed by atoms with Crippen LogP contribution in [0.3, 0.4) is 0 Å². The molecule has 1 rings (SSSR count). The summed E-state index contributed by atoms with van der Waals surface area (Å²) in [7, 11) is 0. The minimum atomic E-state index is -0.374. The Kier molecular flexibility index (Phi) is 5.33. The van der Waals surface area contributed by atoms with Gasteiger partial charge in [0.2, 0.25) is 0 Å². The highest BCUT2D eigenvalue weighted by Gasteiger charge is 2.15. The minimum Gasteiger partial charge on any atom is -0.385 e. The van der Waals surface area contributed by atoms with E-state index in [1.165, 1.54) is 6.20 Å². The molecule has 0 heterocycles. The number of hydrogen-bond acceptors (Lipinski definition) is 3. The van der Waals surface area contributed by atoms with Crippen LogP contribution in [0.2, 0.25) is 0 Å². The van der Waals surface area contributed by atoms with Gasteiger partial charge in [-0.05, 0) is 33.3 Å². The van der Waals surface area contributed by atoms with Gasteiger partial charge in [-0.15, -0.1) is 0 Å². The molecule has 0 aromatic heterocycles. The number of nitrogens with one attached hydrogen (secondary N) is 2. The standard InChI is InChI=1S/C16H21N3O/c1-12(13-8-6-5-7-9-13)19-15(20)14(10-17)11-18-16(2,3)4/h5-9,11-12,18H,1-4H3,(H,19,20)/b14-11-. The van der Waals surface area contributed by atoms with Crippen LogP contribution in [-0.2, 0) is 4.79 Å². The predicted octanol–water partition coefficient (Wildman–Crippen LogP) is 2.66. The van der Waals surface area contributed by atoms with Crippen LogP contribution in [0.25, 0.3) is 0 Å². The zero-order chi connectivity index (χ0) is 15.2. The maximum atomic E-state index is 12.0. The van der Waals surface area contributed by atoms with E-state index in [-0.39, 0.29) is 23.1 Å². The van der Waals surface area contributed by atoms with Gasteiger partial charge >= 0.3 is 0 Å². The molecule has 1 aromatic rings. The number of nitriles is 1. The van der Waals surface area contributed by atoms with Crippen molar-refractivity contribution < 1.29 is 4.79 Å². The monoisotopic (exact) mass is 271 g/mol. The van der Waals surface area contributed by atoms with Crippen molar-refractivity contribution >= 4 is 5.91 Å². The summed E-state index contributed by atoms with van der Waals surface area (Å²) in [5, 5.41) is 14.9. The van der Waals surface area contributed by atoms with Gasteiger partial charge in [-0.1, -0.05) is 30.3 Å². The predicted molar refractivity (Wildman–Crippen MR) is 79.6 cm³/mol. The second-order valence-electron chi connectivity index (χ2n) is 5.67. The van der Waals surface area contributed by atoms with E-state index in [0.717, 1.165) is 5.56 Å². The third kappa shape index (κ3) is 5.15. The zero-order valence-corrected chi connectivity index (χ0v) is 12.4. The first-order valence-electron chi connectivity index (χ1n) is 6.57. The Balaban J connectivity index is 2.72. The molecule has 1 amide bonds. The molecule has 4 nitrogen and oxygen atoms in total. The smallest absolute Gasteiger partial charge is 0.263 e. The summed E-state index contributed by atoms with van der Waals surface area (Å²) in [6, 6.07) is 11.4. The Morgan fingerprint density at radius 2 is 1.90 bits per heavy atom. The van der Waals surface area contributed by atoms with E-state index in [0.29, 0.717) is 0 Å². The molecular formula is C16H21N3O. The fourth-order valence-corrected chi connectivity index (χ4v) is 1.54. The maximum Gasteiger partial charge on any atom is 0.263 e. The van der Waals surface area contributed by atoms with Gasteiger partial charge in [0.1, 0.15) is 11.6 Å². The number of rotatable bonds is 4. The average molecular weight is 271 g/mol. The van der Waals surface area contributed by atoms with Crippen LogP contribution in [0.1, 0.15) is 39.3 Å². The molecule has 0 fully saturated rings. The molecule has 0 saturated carbocycles. The van der Waals surface area contributed by atoms with E-state index in [4.69, 9.17) is 5.26 Å². The third-order valence-corrected chi connectivity index (χ3v) is 2.66. The van der Waals surface area contributed by atoms with Gasteiger partial charge in [0.05, 0.1) is 6.04 Å². The van der Waals surface area contributed by atoms with Gasteiger partial charge in [-0.2, -0.15) is 5.26 Å². The van der Waals surface area contributed by atoms with Crippen LogP contribution in [0, 0.1) is 11.3 Å². The fourth-order valence-electron chi connectivity index (χ4n) is 1.54. The SMILES string of the molecule is CC(NC(=O)/C(C#N)=C\NC(C)(C)C)c1ccccc1. The molecule has 1 aromatic carbocycles. The quantitative estimate of drug-likeness (QED) is 0.653. The average Bonchev–Trinajstić information content (AvgIpc) is 2.39. The number of carbonyl (C=O) groups excluding carboxylic acids is 1. The molecule has 0 radical (unpaired) electrons. The molecule has 1 unspecified atom stereocenters. The molecule has 20 heavy (non-hydrogen) atoms. The van der Waals surface area contributed by atoms with Gasteiger partial charge in [0, 0.05) is 11.7 Å². The van der Waals surface area contributed by atoms with Gasteiger partial charge < -0.3 is 10.6 Å². The van der Waals surface area contributed by atoms with E-state index < -0.39 is 0 Å². The van der Waals surface area contributed by atoms with Crippen LogP contribution in [0.4, 0.5) is 0 Å². The Hall–Kier alpha value is -2.28. The van der Waals surface area contributed by atoms with Gasteiger partial charge in [0.25, 0.3) is 5.91 Å². The molecule has 0 bridgehead atoms. The van der Waals surface area contributed by atoms with Crippen molar-refractivity contribution in [1.29, 1.82) is 5.26 Å². The lowest BCUT2D eigenvalue weighted by atomic mass is 10.1. The van der Waals surface area contributed by atoms with E-state index in [1.807, 2.05) is 64.1 Å². The summed E-state index contributed by atoms with van der Waals surface area (Å²) in [4.78, 5) is 12.0. The molecule has 0 aliphatic rings. The Morgan fingerprint density at radius 1 is 1.30 bits per heavy atom. The first-order chi connectivity index (χ1) is 9.33. The summed E-state index contributed by atoms with van der Waals surface area (Å²) in [5.41, 5.74) is 0.887. The van der Waals surface area contributed by atoms with Crippen molar-refractivity contribution in [2.45, 2.75) is 39.3 Å². The van der Waals surface area contributed by atoms with E-state index in [9.17, 15) is 4.79 Å². The van der Waals surface area contributed by atoms with Crippen molar-refractivity contribution in [2.24, 2.45) is 0 Å². The molecule has 0 saturated heterocycles. The number of carbonyl (C=O) groups is 1. The van der Waals surface area contributed by atoms with Crippen molar-refractivity contribution in [3.05, 3.63) is 47.7 Å². The third-order valence-electron chi connectivity index (χ3n) is 2.66. The van der Waals surface area contributed by atoms with Crippen LogP contribution >= 0.6 is 0 Å². The van der Waals surface area contributed by atoms with Crippen molar-refractivity contribution in [1.82, 2.24) is 10.6 Å². The molecule has 0 aliphatic carbocycles. The van der Waals surface area contributed by atoms with Crippen molar-refractivity contribution in [3.63, 3.8) is 0 Å². The summed E-state index contributed by atoms with van der Waals surface area (Å²) in [6.07, 6.45) is 1.47. The van der Waals surface area contributed by atoms with E-state index >= 15 is 0 Å². The summed E-state index contributed by atoms with van der Waals surface area (Å²) >= 11 is 0. The summed E-state index contributed by atoms with van der Waals surface area (Å²) < 4.78 is 0. The maximum absolute atomic E-state index is 12.0. The van der Waals surface area contributed by atoms with Crippen LogP contribution in [0.5, 0.6) is 0 Å². The lowest BCUT2D eigenvalue weighted by Gasteiger charge is -2.19. The zero-order valence-electron chi connectivity index (χ0n) is 12.4. The number of nitrogens with zero attached hydrogens (tertiary/aromatic N) is 1. The lowest BCUT2D eigenvalue weighted by Crippen LogP contribution is -2.33. The molecular weight excluding hydrogens is 250 g/mol. The Bertz CT molecular complexity index is 521. The number of hydrogen-bond donors (Lipinski definition) is 2. The Labute approximate surface area is 120 Å². The van der Waals surface area contributed by atoms with Crippen molar-refractivity contribution in [3.8, 4) is 6.07 Å². The highest BCUT2D eigenvalue weighted by Crippen LogP contribution is 2.11. The van der Waals surface area contributed by atoms with Gasteiger partial charge in [-0.3, -0.25) is 4.79 Å². The normalized spacial score (nSPS) is 13.2.